The number of methoxy groups -OCH3 is 1. The van der Waals surface area contributed by atoms with E-state index in [1.165, 1.54) is 16.2 Å². The van der Waals surface area contributed by atoms with E-state index >= 15 is 0 Å². The number of rotatable bonds is 4. The van der Waals surface area contributed by atoms with Crippen LogP contribution < -0.4 is 10.5 Å². The molecule has 2 N–H and O–H groups in total. The summed E-state index contributed by atoms with van der Waals surface area (Å²) in [5, 5.41) is 2.46. The summed E-state index contributed by atoms with van der Waals surface area (Å²) in [6.45, 7) is 0.345. The number of thiazole rings is 1. The number of hydrogen-bond donors (Lipinski definition) is 1. The van der Waals surface area contributed by atoms with Crippen LogP contribution in [-0.4, -0.2) is 34.8 Å². The standard InChI is InChI=1S/C21H19N3O3S/c1-27-16-8-6-13(7-9-16)20-23-17(12-28-20)21(26)24-11-15-5-3-2-4-14(15)10-18(24)19(22)25/h2-9,12,18H,10-11H2,1H3,(H2,22,25)/t18-/m0/s1. The van der Waals surface area contributed by atoms with Crippen molar-refractivity contribution in [1.82, 2.24) is 9.88 Å². The molecule has 0 aliphatic carbocycles. The molecule has 2 heterocycles. The summed E-state index contributed by atoms with van der Waals surface area (Å²) >= 11 is 1.39. The van der Waals surface area contributed by atoms with Gasteiger partial charge in [0.25, 0.3) is 5.91 Å². The fraction of sp³-hybridized carbons (Fsp3) is 0.190. The molecule has 1 aliphatic rings. The summed E-state index contributed by atoms with van der Waals surface area (Å²) in [7, 11) is 1.61. The zero-order valence-corrected chi connectivity index (χ0v) is 16.1. The number of amides is 2. The zero-order chi connectivity index (χ0) is 19.7. The van der Waals surface area contributed by atoms with Crippen LogP contribution in [0.25, 0.3) is 10.6 Å². The predicted molar refractivity (Wildman–Crippen MR) is 107 cm³/mol. The predicted octanol–water partition coefficient (Wildman–Crippen LogP) is 2.87. The molecule has 0 fully saturated rings. The highest BCUT2D eigenvalue weighted by Gasteiger charge is 2.34. The van der Waals surface area contributed by atoms with Gasteiger partial charge in [0.2, 0.25) is 5.91 Å². The van der Waals surface area contributed by atoms with E-state index in [4.69, 9.17) is 10.5 Å². The van der Waals surface area contributed by atoms with Crippen LogP contribution in [-0.2, 0) is 17.8 Å². The van der Waals surface area contributed by atoms with Crippen molar-refractivity contribution in [3.05, 3.63) is 70.7 Å². The fourth-order valence-corrected chi connectivity index (χ4v) is 4.18. The van der Waals surface area contributed by atoms with Crippen molar-refractivity contribution in [3.63, 3.8) is 0 Å². The Hall–Kier alpha value is -3.19. The normalized spacial score (nSPS) is 15.8. The number of benzene rings is 2. The van der Waals surface area contributed by atoms with Gasteiger partial charge in [0.05, 0.1) is 7.11 Å². The Balaban J connectivity index is 1.61. The number of hydrogen-bond acceptors (Lipinski definition) is 5. The molecule has 28 heavy (non-hydrogen) atoms. The average molecular weight is 393 g/mol. The molecule has 1 aliphatic heterocycles. The maximum atomic E-state index is 13.1. The summed E-state index contributed by atoms with van der Waals surface area (Å²) in [5.41, 5.74) is 8.89. The molecule has 2 amide bonds. The first kappa shape index (κ1) is 18.2. The topological polar surface area (TPSA) is 85.5 Å². The van der Waals surface area contributed by atoms with Crippen LogP contribution in [0, 0.1) is 0 Å². The molecule has 0 saturated carbocycles. The van der Waals surface area contributed by atoms with E-state index in [0.717, 1.165) is 27.4 Å². The lowest BCUT2D eigenvalue weighted by Gasteiger charge is -2.34. The molecule has 2 aromatic carbocycles. The number of fused-ring (bicyclic) bond motifs is 1. The van der Waals surface area contributed by atoms with Crippen molar-refractivity contribution in [2.24, 2.45) is 5.73 Å². The number of carbonyl (C=O) groups excluding carboxylic acids is 2. The van der Waals surface area contributed by atoms with Crippen molar-refractivity contribution < 1.29 is 14.3 Å². The van der Waals surface area contributed by atoms with Crippen LogP contribution in [0.2, 0.25) is 0 Å². The Kier molecular flexibility index (Phi) is 4.83. The van der Waals surface area contributed by atoms with Gasteiger partial charge in [-0.15, -0.1) is 11.3 Å². The Labute approximate surface area is 166 Å². The Morgan fingerprint density at radius 3 is 2.54 bits per heavy atom. The van der Waals surface area contributed by atoms with E-state index in [2.05, 4.69) is 4.98 Å². The average Bonchev–Trinajstić information content (AvgIpc) is 3.22. The van der Waals surface area contributed by atoms with Crippen molar-refractivity contribution in [2.75, 3.05) is 7.11 Å². The quantitative estimate of drug-likeness (QED) is 0.739. The minimum absolute atomic E-state index is 0.283. The van der Waals surface area contributed by atoms with E-state index in [-0.39, 0.29) is 5.91 Å². The van der Waals surface area contributed by atoms with Gasteiger partial charge in [0.15, 0.2) is 0 Å². The van der Waals surface area contributed by atoms with Gasteiger partial charge in [-0.05, 0) is 35.4 Å². The van der Waals surface area contributed by atoms with Gasteiger partial charge in [0, 0.05) is 23.9 Å². The second kappa shape index (κ2) is 7.44. The molecule has 0 radical (unpaired) electrons. The first-order valence-electron chi connectivity index (χ1n) is 8.84. The molecule has 0 bridgehead atoms. The van der Waals surface area contributed by atoms with Crippen LogP contribution in [0.3, 0.4) is 0 Å². The fourth-order valence-electron chi connectivity index (χ4n) is 3.38. The highest BCUT2D eigenvalue weighted by molar-refractivity contribution is 7.13. The molecule has 142 valence electrons. The molecule has 6 nitrogen and oxygen atoms in total. The summed E-state index contributed by atoms with van der Waals surface area (Å²) in [5.74, 6) is -0.0318. The Morgan fingerprint density at radius 2 is 1.86 bits per heavy atom. The van der Waals surface area contributed by atoms with Crippen molar-refractivity contribution >= 4 is 23.2 Å². The van der Waals surface area contributed by atoms with E-state index in [1.54, 1.807) is 12.5 Å². The number of aromatic nitrogens is 1. The van der Waals surface area contributed by atoms with Gasteiger partial charge in [-0.3, -0.25) is 9.59 Å². The minimum Gasteiger partial charge on any atom is -0.497 e. The van der Waals surface area contributed by atoms with Gasteiger partial charge in [0.1, 0.15) is 22.5 Å². The molecule has 0 spiro atoms. The van der Waals surface area contributed by atoms with Crippen molar-refractivity contribution in [3.8, 4) is 16.3 Å². The third-order valence-corrected chi connectivity index (χ3v) is 5.79. The molecule has 1 aromatic heterocycles. The summed E-state index contributed by atoms with van der Waals surface area (Å²) < 4.78 is 5.17. The van der Waals surface area contributed by atoms with Crippen LogP contribution in [0.5, 0.6) is 5.75 Å². The maximum Gasteiger partial charge on any atom is 0.274 e. The van der Waals surface area contributed by atoms with Crippen LogP contribution >= 0.6 is 11.3 Å². The van der Waals surface area contributed by atoms with E-state index in [0.29, 0.717) is 18.7 Å². The lowest BCUT2D eigenvalue weighted by molar-refractivity contribution is -0.122. The SMILES string of the molecule is COc1ccc(-c2nc(C(=O)N3Cc4ccccc4C[C@H]3C(N)=O)cs2)cc1. The van der Waals surface area contributed by atoms with Gasteiger partial charge in [-0.1, -0.05) is 24.3 Å². The maximum absolute atomic E-state index is 13.1. The molecule has 1 atom stereocenters. The molecular formula is C21H19N3O3S. The number of carbonyl (C=O) groups is 2. The van der Waals surface area contributed by atoms with Gasteiger partial charge < -0.3 is 15.4 Å². The van der Waals surface area contributed by atoms with Crippen LogP contribution in [0.1, 0.15) is 21.6 Å². The second-order valence-electron chi connectivity index (χ2n) is 6.59. The molecule has 0 unspecified atom stereocenters. The summed E-state index contributed by atoms with van der Waals surface area (Å²) in [6, 6.07) is 14.6. The molecule has 3 aromatic rings. The van der Waals surface area contributed by atoms with E-state index in [9.17, 15) is 9.59 Å². The smallest absolute Gasteiger partial charge is 0.274 e. The first-order valence-corrected chi connectivity index (χ1v) is 9.72. The number of nitrogens with zero attached hydrogens (tertiary/aromatic N) is 2. The number of nitrogens with two attached hydrogens (primary N) is 1. The van der Waals surface area contributed by atoms with Gasteiger partial charge in [-0.2, -0.15) is 0 Å². The monoisotopic (exact) mass is 393 g/mol. The van der Waals surface area contributed by atoms with Crippen LogP contribution in [0.15, 0.2) is 53.9 Å². The molecule has 4 rings (SSSR count). The van der Waals surface area contributed by atoms with Gasteiger partial charge >= 0.3 is 0 Å². The number of primary amides is 1. The van der Waals surface area contributed by atoms with Crippen molar-refractivity contribution in [2.45, 2.75) is 19.0 Å². The lowest BCUT2D eigenvalue weighted by atomic mass is 9.93. The third kappa shape index (κ3) is 3.36. The lowest BCUT2D eigenvalue weighted by Crippen LogP contribution is -2.51. The van der Waals surface area contributed by atoms with E-state index in [1.807, 2.05) is 48.5 Å². The van der Waals surface area contributed by atoms with Crippen molar-refractivity contribution in [1.29, 1.82) is 0 Å². The largest absolute Gasteiger partial charge is 0.497 e. The molecule has 7 heteroatoms. The zero-order valence-electron chi connectivity index (χ0n) is 15.3. The highest BCUT2D eigenvalue weighted by Crippen LogP contribution is 2.29. The third-order valence-electron chi connectivity index (χ3n) is 4.90. The molecule has 0 saturated heterocycles. The Bertz CT molecular complexity index is 1030. The summed E-state index contributed by atoms with van der Waals surface area (Å²) in [4.78, 5) is 31.1. The van der Waals surface area contributed by atoms with Gasteiger partial charge in [-0.25, -0.2) is 4.98 Å². The van der Waals surface area contributed by atoms with E-state index < -0.39 is 11.9 Å². The highest BCUT2D eigenvalue weighted by atomic mass is 32.1. The molecular weight excluding hydrogens is 374 g/mol. The second-order valence-corrected chi connectivity index (χ2v) is 7.45. The number of ether oxygens (including phenoxy) is 1. The van der Waals surface area contributed by atoms with Crippen LogP contribution in [0.4, 0.5) is 0 Å². The Morgan fingerprint density at radius 1 is 1.14 bits per heavy atom. The first-order chi connectivity index (χ1) is 13.6. The summed E-state index contributed by atoms with van der Waals surface area (Å²) in [6.07, 6.45) is 0.423. The minimum atomic E-state index is -0.673.